The standard InChI is InChI=1S/C21H21ClN4O2/c1-15-18(14-23-26(15)17-6-4-5-16(22)13-17)21(28)25-11-9-24(10-12-25)19-7-2-3-8-20(19)27/h2-8,13-14,27H,9-12H2,1H3. The van der Waals surface area contributed by atoms with Crippen LogP contribution in [0.3, 0.4) is 0 Å². The number of halogens is 1. The Kier molecular flexibility index (Phi) is 4.96. The second kappa shape index (κ2) is 7.56. The summed E-state index contributed by atoms with van der Waals surface area (Å²) < 4.78 is 1.73. The predicted molar refractivity (Wildman–Crippen MR) is 110 cm³/mol. The van der Waals surface area contributed by atoms with Crippen molar-refractivity contribution >= 4 is 23.2 Å². The van der Waals surface area contributed by atoms with Crippen molar-refractivity contribution in [2.45, 2.75) is 6.92 Å². The van der Waals surface area contributed by atoms with Gasteiger partial charge in [-0.2, -0.15) is 5.10 Å². The Morgan fingerprint density at radius 2 is 1.82 bits per heavy atom. The lowest BCUT2D eigenvalue weighted by Crippen LogP contribution is -2.48. The summed E-state index contributed by atoms with van der Waals surface area (Å²) in [6, 6.07) is 14.7. The highest BCUT2D eigenvalue weighted by atomic mass is 35.5. The molecular formula is C21H21ClN4O2. The van der Waals surface area contributed by atoms with E-state index in [9.17, 15) is 9.90 Å². The summed E-state index contributed by atoms with van der Waals surface area (Å²) in [4.78, 5) is 17.0. The highest BCUT2D eigenvalue weighted by Gasteiger charge is 2.26. The maximum absolute atomic E-state index is 13.0. The van der Waals surface area contributed by atoms with Crippen LogP contribution in [0.2, 0.25) is 5.02 Å². The SMILES string of the molecule is Cc1c(C(=O)N2CCN(c3ccccc3O)CC2)cnn1-c1cccc(Cl)c1. The third-order valence-electron chi connectivity index (χ3n) is 5.08. The molecule has 1 saturated heterocycles. The van der Waals surface area contributed by atoms with Crippen molar-refractivity contribution in [1.82, 2.24) is 14.7 Å². The van der Waals surface area contributed by atoms with Crippen LogP contribution in [0, 0.1) is 6.92 Å². The average molecular weight is 397 g/mol. The first-order chi connectivity index (χ1) is 13.5. The summed E-state index contributed by atoms with van der Waals surface area (Å²) in [5, 5.41) is 15.0. The van der Waals surface area contributed by atoms with Gasteiger partial charge in [0.25, 0.3) is 5.91 Å². The van der Waals surface area contributed by atoms with Crippen LogP contribution in [0.25, 0.3) is 5.69 Å². The topological polar surface area (TPSA) is 61.6 Å². The maximum atomic E-state index is 13.0. The molecule has 0 radical (unpaired) electrons. The van der Waals surface area contributed by atoms with Crippen molar-refractivity contribution in [3.8, 4) is 11.4 Å². The lowest BCUT2D eigenvalue weighted by molar-refractivity contribution is 0.0746. The molecule has 1 N–H and O–H groups in total. The number of hydrogen-bond acceptors (Lipinski definition) is 4. The van der Waals surface area contributed by atoms with Crippen molar-refractivity contribution in [3.63, 3.8) is 0 Å². The van der Waals surface area contributed by atoms with Crippen LogP contribution < -0.4 is 4.90 Å². The van der Waals surface area contributed by atoms with Gasteiger partial charge in [-0.3, -0.25) is 4.79 Å². The van der Waals surface area contributed by atoms with E-state index in [2.05, 4.69) is 10.00 Å². The van der Waals surface area contributed by atoms with Gasteiger partial charge in [-0.25, -0.2) is 4.68 Å². The van der Waals surface area contributed by atoms with Crippen LogP contribution >= 0.6 is 11.6 Å². The maximum Gasteiger partial charge on any atom is 0.257 e. The van der Waals surface area contributed by atoms with Gasteiger partial charge in [0.15, 0.2) is 0 Å². The van der Waals surface area contributed by atoms with Gasteiger partial charge in [-0.15, -0.1) is 0 Å². The van der Waals surface area contributed by atoms with Crippen molar-refractivity contribution in [2.75, 3.05) is 31.1 Å². The molecule has 6 nitrogen and oxygen atoms in total. The van der Waals surface area contributed by atoms with Crippen LogP contribution in [0.1, 0.15) is 16.1 Å². The summed E-state index contributed by atoms with van der Waals surface area (Å²) in [6.07, 6.45) is 1.62. The minimum atomic E-state index is -0.0253. The number of benzene rings is 2. The minimum Gasteiger partial charge on any atom is -0.506 e. The molecule has 7 heteroatoms. The normalized spacial score (nSPS) is 14.4. The van der Waals surface area contributed by atoms with Crippen molar-refractivity contribution in [2.24, 2.45) is 0 Å². The number of nitrogens with zero attached hydrogens (tertiary/aromatic N) is 4. The molecule has 3 aromatic rings. The second-order valence-corrected chi connectivity index (χ2v) is 7.24. The number of phenols is 1. The first kappa shape index (κ1) is 18.4. The van der Waals surface area contributed by atoms with Gasteiger partial charge in [-0.05, 0) is 37.3 Å². The Bertz CT molecular complexity index is 1010. The molecule has 2 heterocycles. The number of amides is 1. The Hall–Kier alpha value is -2.99. The van der Waals surface area contributed by atoms with Crippen LogP contribution in [0.4, 0.5) is 5.69 Å². The lowest BCUT2D eigenvalue weighted by atomic mass is 10.2. The summed E-state index contributed by atoms with van der Waals surface area (Å²) in [6.45, 7) is 4.42. The van der Waals surface area contributed by atoms with Crippen LogP contribution in [0.15, 0.2) is 54.7 Å². The molecule has 0 aliphatic carbocycles. The van der Waals surface area contributed by atoms with Crippen molar-refractivity contribution < 1.29 is 9.90 Å². The zero-order valence-corrected chi connectivity index (χ0v) is 16.3. The molecule has 1 fully saturated rings. The van der Waals surface area contributed by atoms with Crippen molar-refractivity contribution in [3.05, 3.63) is 71.0 Å². The third kappa shape index (κ3) is 3.43. The molecule has 1 amide bonds. The van der Waals surface area contributed by atoms with Crippen LogP contribution in [-0.2, 0) is 0 Å². The smallest absolute Gasteiger partial charge is 0.257 e. The molecule has 28 heavy (non-hydrogen) atoms. The number of piperazine rings is 1. The number of anilines is 1. The van der Waals surface area contributed by atoms with Gasteiger partial charge in [0.2, 0.25) is 0 Å². The van der Waals surface area contributed by atoms with Gasteiger partial charge in [-0.1, -0.05) is 29.8 Å². The van der Waals surface area contributed by atoms with Gasteiger partial charge < -0.3 is 14.9 Å². The van der Waals surface area contributed by atoms with Crippen molar-refractivity contribution in [1.29, 1.82) is 0 Å². The molecule has 1 aliphatic heterocycles. The molecule has 1 aromatic heterocycles. The zero-order chi connectivity index (χ0) is 19.7. The molecule has 2 aromatic carbocycles. The Morgan fingerprint density at radius 3 is 2.54 bits per heavy atom. The molecule has 0 atom stereocenters. The van der Waals surface area contributed by atoms with E-state index in [4.69, 9.17) is 11.6 Å². The Balaban J connectivity index is 1.48. The summed E-state index contributed by atoms with van der Waals surface area (Å²) >= 11 is 6.07. The molecule has 0 bridgehead atoms. The van der Waals surface area contributed by atoms with E-state index in [1.807, 2.05) is 42.2 Å². The molecule has 1 aliphatic rings. The lowest BCUT2D eigenvalue weighted by Gasteiger charge is -2.36. The first-order valence-electron chi connectivity index (χ1n) is 9.17. The average Bonchev–Trinajstić information content (AvgIpc) is 3.09. The molecule has 0 spiro atoms. The molecule has 144 valence electrons. The van der Waals surface area contributed by atoms with E-state index in [1.165, 1.54) is 0 Å². The first-order valence-corrected chi connectivity index (χ1v) is 9.55. The van der Waals surface area contributed by atoms with Gasteiger partial charge >= 0.3 is 0 Å². The predicted octanol–water partition coefficient (Wildman–Crippen LogP) is 3.50. The molecule has 0 saturated carbocycles. The van der Waals surface area contributed by atoms with E-state index < -0.39 is 0 Å². The Labute approximate surface area is 168 Å². The number of phenolic OH excluding ortho intramolecular Hbond substituents is 1. The second-order valence-electron chi connectivity index (χ2n) is 6.80. The number of hydrogen-bond donors (Lipinski definition) is 1. The Morgan fingerprint density at radius 1 is 1.07 bits per heavy atom. The minimum absolute atomic E-state index is 0.0253. The fourth-order valence-corrected chi connectivity index (χ4v) is 3.72. The largest absolute Gasteiger partial charge is 0.506 e. The van der Waals surface area contributed by atoms with Gasteiger partial charge in [0, 0.05) is 31.2 Å². The highest BCUT2D eigenvalue weighted by molar-refractivity contribution is 6.30. The fourth-order valence-electron chi connectivity index (χ4n) is 3.54. The van der Waals surface area contributed by atoms with E-state index in [-0.39, 0.29) is 11.7 Å². The number of carbonyl (C=O) groups is 1. The van der Waals surface area contributed by atoms with Gasteiger partial charge in [0.05, 0.1) is 28.8 Å². The number of para-hydroxylation sites is 2. The van der Waals surface area contributed by atoms with Gasteiger partial charge in [0.1, 0.15) is 5.75 Å². The zero-order valence-electron chi connectivity index (χ0n) is 15.5. The summed E-state index contributed by atoms with van der Waals surface area (Å²) in [5.74, 6) is 0.239. The highest BCUT2D eigenvalue weighted by Crippen LogP contribution is 2.27. The monoisotopic (exact) mass is 396 g/mol. The van der Waals surface area contributed by atoms with Crippen LogP contribution in [-0.4, -0.2) is 51.9 Å². The molecule has 4 rings (SSSR count). The summed E-state index contributed by atoms with van der Waals surface area (Å²) in [5.41, 5.74) is 3.01. The molecular weight excluding hydrogens is 376 g/mol. The summed E-state index contributed by atoms with van der Waals surface area (Å²) in [7, 11) is 0. The van der Waals surface area contributed by atoms with E-state index in [1.54, 1.807) is 29.1 Å². The number of carbonyl (C=O) groups excluding carboxylic acids is 1. The molecule has 0 unspecified atom stereocenters. The number of aromatic hydroxyl groups is 1. The third-order valence-corrected chi connectivity index (χ3v) is 5.32. The number of aromatic nitrogens is 2. The van der Waals surface area contributed by atoms with E-state index in [0.717, 1.165) is 17.1 Å². The number of rotatable bonds is 3. The van der Waals surface area contributed by atoms with Crippen LogP contribution in [0.5, 0.6) is 5.75 Å². The van der Waals surface area contributed by atoms with E-state index in [0.29, 0.717) is 36.8 Å². The quantitative estimate of drug-likeness (QED) is 0.736. The van der Waals surface area contributed by atoms with E-state index >= 15 is 0 Å². The fraction of sp³-hybridized carbons (Fsp3) is 0.238.